The van der Waals surface area contributed by atoms with Gasteiger partial charge >= 0.3 is 0 Å². The molecule has 7 heteroatoms. The molecule has 2 aromatic carbocycles. The van der Waals surface area contributed by atoms with E-state index in [1.54, 1.807) is 36.4 Å². The number of methoxy groups -OCH3 is 1. The minimum atomic E-state index is -0.328. The Morgan fingerprint density at radius 3 is 2.52 bits per heavy atom. The van der Waals surface area contributed by atoms with Crippen LogP contribution in [0.15, 0.2) is 36.4 Å². The number of anilines is 2. The van der Waals surface area contributed by atoms with Gasteiger partial charge in [0, 0.05) is 11.1 Å². The number of likely N-dealkylation sites (tertiary alicyclic amines) is 1. The summed E-state index contributed by atoms with van der Waals surface area (Å²) in [6.45, 7) is 4.31. The maximum absolute atomic E-state index is 12.9. The molecule has 2 aromatic rings. The van der Waals surface area contributed by atoms with Crippen LogP contribution >= 0.6 is 11.6 Å². The number of nitrogens with one attached hydrogen (secondary N) is 3. The molecule has 0 bridgehead atoms. The van der Waals surface area contributed by atoms with E-state index in [2.05, 4.69) is 10.6 Å². The van der Waals surface area contributed by atoms with E-state index in [0.717, 1.165) is 31.5 Å². The van der Waals surface area contributed by atoms with Gasteiger partial charge < -0.3 is 20.3 Å². The zero-order valence-electron chi connectivity index (χ0n) is 16.8. The van der Waals surface area contributed by atoms with Crippen molar-refractivity contribution in [1.29, 1.82) is 0 Å². The quantitative estimate of drug-likeness (QED) is 0.678. The normalized spacial score (nSPS) is 14.3. The molecule has 6 nitrogen and oxygen atoms in total. The first-order chi connectivity index (χ1) is 14.0. The molecule has 0 spiro atoms. The maximum atomic E-state index is 12.9. The second-order valence-electron chi connectivity index (χ2n) is 7.34. The molecule has 1 saturated heterocycles. The SMILES string of the molecule is COc1cc(Cl)c(C)cc1NC(=O)c1ccccc1NC(=O)C[NH+]1CCCCC1. The third-order valence-corrected chi connectivity index (χ3v) is 5.55. The average molecular weight is 417 g/mol. The zero-order valence-corrected chi connectivity index (χ0v) is 17.6. The van der Waals surface area contributed by atoms with Crippen molar-refractivity contribution in [2.75, 3.05) is 37.4 Å². The number of rotatable bonds is 6. The lowest BCUT2D eigenvalue weighted by Gasteiger charge is -2.23. The summed E-state index contributed by atoms with van der Waals surface area (Å²) in [6.07, 6.45) is 3.55. The van der Waals surface area contributed by atoms with Crippen molar-refractivity contribution in [3.05, 3.63) is 52.5 Å². The fourth-order valence-electron chi connectivity index (χ4n) is 3.56. The first-order valence-corrected chi connectivity index (χ1v) is 10.2. The maximum Gasteiger partial charge on any atom is 0.279 e. The van der Waals surface area contributed by atoms with Crippen LogP contribution in [0.25, 0.3) is 0 Å². The van der Waals surface area contributed by atoms with Crippen molar-refractivity contribution >= 4 is 34.8 Å². The van der Waals surface area contributed by atoms with Crippen molar-refractivity contribution < 1.29 is 19.2 Å². The smallest absolute Gasteiger partial charge is 0.279 e. The van der Waals surface area contributed by atoms with Crippen LogP contribution in [-0.4, -0.2) is 38.6 Å². The Hall–Kier alpha value is -2.57. The third-order valence-electron chi connectivity index (χ3n) is 5.15. The lowest BCUT2D eigenvalue weighted by Crippen LogP contribution is -3.13. The number of halogens is 1. The van der Waals surface area contributed by atoms with Crippen LogP contribution in [0.4, 0.5) is 11.4 Å². The molecular formula is C22H27ClN3O3+. The monoisotopic (exact) mass is 416 g/mol. The number of benzene rings is 2. The summed E-state index contributed by atoms with van der Waals surface area (Å²) in [4.78, 5) is 26.7. The fourth-order valence-corrected chi connectivity index (χ4v) is 3.71. The number of quaternary nitrogens is 1. The van der Waals surface area contributed by atoms with Crippen LogP contribution in [0.2, 0.25) is 5.02 Å². The number of aryl methyl sites for hydroxylation is 1. The summed E-state index contributed by atoms with van der Waals surface area (Å²) in [5, 5.41) is 6.33. The molecule has 1 aliphatic heterocycles. The number of hydrogen-bond acceptors (Lipinski definition) is 3. The molecule has 0 aliphatic carbocycles. The van der Waals surface area contributed by atoms with Gasteiger partial charge in [-0.25, -0.2) is 0 Å². The predicted octanol–water partition coefficient (Wildman–Crippen LogP) is 2.92. The Balaban J connectivity index is 1.73. The van der Waals surface area contributed by atoms with Gasteiger partial charge in [-0.15, -0.1) is 0 Å². The molecule has 0 unspecified atom stereocenters. The highest BCUT2D eigenvalue weighted by molar-refractivity contribution is 6.31. The van der Waals surface area contributed by atoms with E-state index < -0.39 is 0 Å². The fraction of sp³-hybridized carbons (Fsp3) is 0.364. The summed E-state index contributed by atoms with van der Waals surface area (Å²) < 4.78 is 5.33. The van der Waals surface area contributed by atoms with Crippen LogP contribution in [0, 0.1) is 6.92 Å². The number of carbonyl (C=O) groups excluding carboxylic acids is 2. The van der Waals surface area contributed by atoms with Gasteiger partial charge in [-0.05, 0) is 49.9 Å². The van der Waals surface area contributed by atoms with Crippen molar-refractivity contribution in [2.45, 2.75) is 26.2 Å². The first kappa shape index (κ1) is 21.1. The predicted molar refractivity (Wildman–Crippen MR) is 115 cm³/mol. The van der Waals surface area contributed by atoms with Crippen LogP contribution in [0.5, 0.6) is 5.75 Å². The average Bonchev–Trinajstić information content (AvgIpc) is 2.71. The molecule has 1 aliphatic rings. The number of para-hydroxylation sites is 1. The molecule has 2 amide bonds. The second kappa shape index (κ2) is 9.76. The summed E-state index contributed by atoms with van der Waals surface area (Å²) in [5.41, 5.74) is 2.24. The highest BCUT2D eigenvalue weighted by Gasteiger charge is 2.20. The summed E-state index contributed by atoms with van der Waals surface area (Å²) in [7, 11) is 1.52. The van der Waals surface area contributed by atoms with E-state index in [9.17, 15) is 9.59 Å². The van der Waals surface area contributed by atoms with Crippen molar-refractivity contribution in [3.8, 4) is 5.75 Å². The standard InChI is InChI=1S/C22H26ClN3O3/c1-15-12-19(20(29-2)13-17(15)23)25-22(28)16-8-4-5-9-18(16)24-21(27)14-26-10-6-3-7-11-26/h4-5,8-9,12-13H,3,6-7,10-11,14H2,1-2H3,(H,24,27)(H,25,28)/p+1. The topological polar surface area (TPSA) is 71.9 Å². The minimum absolute atomic E-state index is 0.0814. The van der Waals surface area contributed by atoms with Crippen LogP contribution < -0.4 is 20.3 Å². The molecule has 29 heavy (non-hydrogen) atoms. The largest absolute Gasteiger partial charge is 0.495 e. The van der Waals surface area contributed by atoms with E-state index in [4.69, 9.17) is 16.3 Å². The van der Waals surface area contributed by atoms with Crippen molar-refractivity contribution in [3.63, 3.8) is 0 Å². The van der Waals surface area contributed by atoms with Gasteiger partial charge in [0.15, 0.2) is 6.54 Å². The number of amides is 2. The molecule has 1 heterocycles. The van der Waals surface area contributed by atoms with Crippen molar-refractivity contribution in [1.82, 2.24) is 0 Å². The summed E-state index contributed by atoms with van der Waals surface area (Å²) in [6, 6.07) is 10.4. The van der Waals surface area contributed by atoms with E-state index in [1.165, 1.54) is 18.4 Å². The van der Waals surface area contributed by atoms with Gasteiger partial charge in [-0.2, -0.15) is 0 Å². The molecule has 3 N–H and O–H groups in total. The number of piperidine rings is 1. The Morgan fingerprint density at radius 2 is 1.79 bits per heavy atom. The number of hydrogen-bond donors (Lipinski definition) is 3. The first-order valence-electron chi connectivity index (χ1n) is 9.86. The van der Waals surface area contributed by atoms with Gasteiger partial charge in [0.2, 0.25) is 0 Å². The summed E-state index contributed by atoms with van der Waals surface area (Å²) >= 11 is 6.14. The van der Waals surface area contributed by atoms with E-state index in [1.807, 2.05) is 6.92 Å². The lowest BCUT2D eigenvalue weighted by atomic mass is 10.1. The molecule has 0 aromatic heterocycles. The van der Waals surface area contributed by atoms with Gasteiger partial charge in [-0.1, -0.05) is 23.7 Å². The van der Waals surface area contributed by atoms with Gasteiger partial charge in [0.1, 0.15) is 5.75 Å². The minimum Gasteiger partial charge on any atom is -0.495 e. The molecule has 0 saturated carbocycles. The highest BCUT2D eigenvalue weighted by Crippen LogP contribution is 2.31. The van der Waals surface area contributed by atoms with E-state index >= 15 is 0 Å². The second-order valence-corrected chi connectivity index (χ2v) is 7.74. The molecule has 154 valence electrons. The molecule has 3 rings (SSSR count). The third kappa shape index (κ3) is 5.49. The van der Waals surface area contributed by atoms with Gasteiger partial charge in [0.05, 0.1) is 37.1 Å². The Kier molecular flexibility index (Phi) is 7.12. The Morgan fingerprint density at radius 1 is 1.07 bits per heavy atom. The molecular weight excluding hydrogens is 390 g/mol. The number of ether oxygens (including phenoxy) is 1. The van der Waals surface area contributed by atoms with Crippen molar-refractivity contribution in [2.24, 2.45) is 0 Å². The van der Waals surface area contributed by atoms with Gasteiger partial charge in [0.25, 0.3) is 11.8 Å². The van der Waals surface area contributed by atoms with Crippen LogP contribution in [0.1, 0.15) is 35.2 Å². The summed E-state index contributed by atoms with van der Waals surface area (Å²) in [5.74, 6) is 0.0671. The highest BCUT2D eigenvalue weighted by atomic mass is 35.5. The zero-order chi connectivity index (χ0) is 20.8. The van der Waals surface area contributed by atoms with Gasteiger partial charge in [-0.3, -0.25) is 9.59 Å². The molecule has 0 atom stereocenters. The molecule has 1 fully saturated rings. The Bertz CT molecular complexity index is 895. The lowest BCUT2D eigenvalue weighted by molar-refractivity contribution is -0.896. The number of carbonyl (C=O) groups is 2. The van der Waals surface area contributed by atoms with Crippen LogP contribution in [-0.2, 0) is 4.79 Å². The van der Waals surface area contributed by atoms with Crippen LogP contribution in [0.3, 0.4) is 0 Å². The van der Waals surface area contributed by atoms with E-state index in [-0.39, 0.29) is 11.8 Å². The van der Waals surface area contributed by atoms with E-state index in [0.29, 0.717) is 34.3 Å². The Labute approximate surface area is 176 Å². The molecule has 0 radical (unpaired) electrons.